The zero-order chi connectivity index (χ0) is 20.7. The Morgan fingerprint density at radius 2 is 1.75 bits per heavy atom. The Morgan fingerprint density at radius 3 is 2.36 bits per heavy atom. The molecule has 2 aromatic rings. The highest BCUT2D eigenvalue weighted by molar-refractivity contribution is 6.31. The van der Waals surface area contributed by atoms with Gasteiger partial charge >= 0.3 is 12.0 Å². The first-order valence-electron chi connectivity index (χ1n) is 8.63. The van der Waals surface area contributed by atoms with E-state index in [0.29, 0.717) is 16.3 Å². The van der Waals surface area contributed by atoms with E-state index in [-0.39, 0.29) is 6.42 Å². The summed E-state index contributed by atoms with van der Waals surface area (Å²) in [5, 5.41) is 5.52. The molecule has 0 saturated heterocycles. The Kier molecular flexibility index (Phi) is 7.40. The highest BCUT2D eigenvalue weighted by Crippen LogP contribution is 2.25. The van der Waals surface area contributed by atoms with Gasteiger partial charge in [0.15, 0.2) is 6.10 Å². The number of hydrogen-bond donors (Lipinski definition) is 3. The van der Waals surface area contributed by atoms with Crippen LogP contribution in [0.15, 0.2) is 48.5 Å². The van der Waals surface area contributed by atoms with Crippen LogP contribution in [0.2, 0.25) is 5.02 Å². The third-order valence-electron chi connectivity index (χ3n) is 3.96. The summed E-state index contributed by atoms with van der Waals surface area (Å²) < 4.78 is 5.20. The van der Waals surface area contributed by atoms with Crippen LogP contribution in [0.25, 0.3) is 0 Å². The van der Waals surface area contributed by atoms with Gasteiger partial charge in [0.25, 0.3) is 5.91 Å². The van der Waals surface area contributed by atoms with Crippen molar-refractivity contribution in [2.45, 2.75) is 32.4 Å². The molecule has 28 heavy (non-hydrogen) atoms. The number of rotatable bonds is 7. The van der Waals surface area contributed by atoms with Gasteiger partial charge in [-0.25, -0.2) is 4.79 Å². The molecular weight excluding hydrogens is 382 g/mol. The van der Waals surface area contributed by atoms with E-state index in [1.54, 1.807) is 36.4 Å². The molecule has 7 nitrogen and oxygen atoms in total. The topological polar surface area (TPSA) is 111 Å². The Bertz CT molecular complexity index is 855. The number of amides is 3. The Labute approximate surface area is 168 Å². The van der Waals surface area contributed by atoms with Crippen LogP contribution in [0.3, 0.4) is 0 Å². The number of benzene rings is 2. The summed E-state index contributed by atoms with van der Waals surface area (Å²) in [6, 6.07) is 12.4. The van der Waals surface area contributed by atoms with E-state index in [1.807, 2.05) is 19.1 Å². The molecule has 0 aliphatic rings. The summed E-state index contributed by atoms with van der Waals surface area (Å²) in [7, 11) is 0. The minimum absolute atomic E-state index is 0.227. The summed E-state index contributed by atoms with van der Waals surface area (Å²) in [6.45, 7) is 3.40. The average Bonchev–Trinajstić information content (AvgIpc) is 2.63. The van der Waals surface area contributed by atoms with E-state index in [9.17, 15) is 14.4 Å². The van der Waals surface area contributed by atoms with Crippen LogP contribution in [-0.2, 0) is 14.3 Å². The van der Waals surface area contributed by atoms with Crippen molar-refractivity contribution < 1.29 is 19.1 Å². The van der Waals surface area contributed by atoms with Crippen LogP contribution < -0.4 is 16.4 Å². The van der Waals surface area contributed by atoms with E-state index in [2.05, 4.69) is 10.6 Å². The average molecular weight is 404 g/mol. The molecule has 0 radical (unpaired) electrons. The van der Waals surface area contributed by atoms with Crippen molar-refractivity contribution in [3.8, 4) is 0 Å². The predicted molar refractivity (Wildman–Crippen MR) is 107 cm³/mol. The van der Waals surface area contributed by atoms with Gasteiger partial charge in [0.1, 0.15) is 0 Å². The molecule has 2 atom stereocenters. The van der Waals surface area contributed by atoms with Crippen molar-refractivity contribution in [1.82, 2.24) is 5.32 Å². The van der Waals surface area contributed by atoms with Gasteiger partial charge < -0.3 is 21.1 Å². The lowest BCUT2D eigenvalue weighted by Gasteiger charge is -2.20. The first-order chi connectivity index (χ1) is 13.3. The third kappa shape index (κ3) is 6.28. The van der Waals surface area contributed by atoms with Crippen molar-refractivity contribution >= 4 is 35.2 Å². The van der Waals surface area contributed by atoms with Gasteiger partial charge in [-0.05, 0) is 37.6 Å². The zero-order valence-corrected chi connectivity index (χ0v) is 16.3. The molecule has 0 fully saturated rings. The molecule has 2 unspecified atom stereocenters. The zero-order valence-electron chi connectivity index (χ0n) is 15.6. The van der Waals surface area contributed by atoms with Crippen molar-refractivity contribution in [2.75, 3.05) is 5.32 Å². The van der Waals surface area contributed by atoms with Gasteiger partial charge in [-0.15, -0.1) is 0 Å². The van der Waals surface area contributed by atoms with Crippen LogP contribution >= 0.6 is 11.6 Å². The first kappa shape index (κ1) is 21.2. The summed E-state index contributed by atoms with van der Waals surface area (Å²) in [5.41, 5.74) is 7.38. The second-order valence-electron chi connectivity index (χ2n) is 6.27. The lowest BCUT2D eigenvalue weighted by Crippen LogP contribution is -2.36. The summed E-state index contributed by atoms with van der Waals surface area (Å²) in [4.78, 5) is 35.8. The van der Waals surface area contributed by atoms with E-state index in [1.165, 1.54) is 6.92 Å². The number of urea groups is 1. The minimum atomic E-state index is -1.02. The van der Waals surface area contributed by atoms with Crippen LogP contribution in [-0.4, -0.2) is 24.0 Å². The van der Waals surface area contributed by atoms with Crippen LogP contribution in [0.1, 0.15) is 30.5 Å². The maximum Gasteiger partial charge on any atom is 0.312 e. The molecule has 0 heterocycles. The van der Waals surface area contributed by atoms with Crippen molar-refractivity contribution in [3.05, 3.63) is 64.7 Å². The highest BCUT2D eigenvalue weighted by Gasteiger charge is 2.24. The van der Waals surface area contributed by atoms with E-state index in [0.717, 1.165) is 5.56 Å². The molecule has 0 aliphatic heterocycles. The molecule has 148 valence electrons. The largest absolute Gasteiger partial charge is 0.452 e. The fourth-order valence-corrected chi connectivity index (χ4v) is 2.78. The number of esters is 1. The molecule has 0 bridgehead atoms. The molecule has 0 aromatic heterocycles. The van der Waals surface area contributed by atoms with Crippen LogP contribution in [0.4, 0.5) is 10.5 Å². The number of hydrogen-bond acceptors (Lipinski definition) is 4. The summed E-state index contributed by atoms with van der Waals surface area (Å²) >= 11 is 6.14. The number of carbonyl (C=O) groups excluding carboxylic acids is 3. The van der Waals surface area contributed by atoms with Gasteiger partial charge in [0.05, 0.1) is 12.5 Å². The Balaban J connectivity index is 1.99. The van der Waals surface area contributed by atoms with Crippen LogP contribution in [0, 0.1) is 6.92 Å². The fraction of sp³-hybridized carbons (Fsp3) is 0.250. The number of nitrogens with two attached hydrogens (primary N) is 1. The van der Waals surface area contributed by atoms with Gasteiger partial charge in [0, 0.05) is 10.7 Å². The molecule has 4 N–H and O–H groups in total. The third-order valence-corrected chi connectivity index (χ3v) is 4.31. The number of carbonyl (C=O) groups is 3. The summed E-state index contributed by atoms with van der Waals surface area (Å²) in [6.07, 6.45) is -1.25. The molecule has 3 amide bonds. The number of halogens is 1. The SMILES string of the molecule is Cc1ccc(NC(=O)C(C)OC(=O)CC(NC(N)=O)c2ccccc2Cl)cc1. The number of nitrogens with one attached hydrogen (secondary N) is 2. The first-order valence-corrected chi connectivity index (χ1v) is 9.01. The number of anilines is 1. The van der Waals surface area contributed by atoms with Gasteiger partial charge in [-0.3, -0.25) is 9.59 Å². The second-order valence-corrected chi connectivity index (χ2v) is 6.68. The maximum absolute atomic E-state index is 12.3. The summed E-state index contributed by atoms with van der Waals surface area (Å²) in [5.74, 6) is -1.14. The minimum Gasteiger partial charge on any atom is -0.452 e. The standard InChI is InChI=1S/C20H22ClN3O4/c1-12-7-9-14(10-8-12)23-19(26)13(2)28-18(25)11-17(24-20(22)27)15-5-3-4-6-16(15)21/h3-10,13,17H,11H2,1-2H3,(H,23,26)(H3,22,24,27). The lowest BCUT2D eigenvalue weighted by molar-refractivity contribution is -0.153. The molecule has 0 spiro atoms. The van der Waals surface area contributed by atoms with Gasteiger partial charge in [-0.2, -0.15) is 0 Å². The van der Waals surface area contributed by atoms with Crippen molar-refractivity contribution in [1.29, 1.82) is 0 Å². The molecule has 2 aromatic carbocycles. The smallest absolute Gasteiger partial charge is 0.312 e. The molecule has 2 rings (SSSR count). The van der Waals surface area contributed by atoms with Gasteiger partial charge in [0.2, 0.25) is 0 Å². The van der Waals surface area contributed by atoms with Crippen molar-refractivity contribution in [3.63, 3.8) is 0 Å². The fourth-order valence-electron chi connectivity index (χ4n) is 2.51. The predicted octanol–water partition coefficient (Wildman–Crippen LogP) is 3.32. The highest BCUT2D eigenvalue weighted by atomic mass is 35.5. The lowest BCUT2D eigenvalue weighted by atomic mass is 10.0. The number of aryl methyl sites for hydroxylation is 1. The number of ether oxygens (including phenoxy) is 1. The van der Waals surface area contributed by atoms with Crippen LogP contribution in [0.5, 0.6) is 0 Å². The second kappa shape index (κ2) is 9.75. The van der Waals surface area contributed by atoms with Crippen molar-refractivity contribution in [2.24, 2.45) is 5.73 Å². The van der Waals surface area contributed by atoms with E-state index >= 15 is 0 Å². The monoisotopic (exact) mass is 403 g/mol. The molecular formula is C20H22ClN3O4. The molecule has 8 heteroatoms. The Hall–Kier alpha value is -3.06. The maximum atomic E-state index is 12.3. The quantitative estimate of drug-likeness (QED) is 0.616. The normalized spacial score (nSPS) is 12.5. The molecule has 0 saturated carbocycles. The van der Waals surface area contributed by atoms with E-state index in [4.69, 9.17) is 22.1 Å². The number of primary amides is 1. The Morgan fingerprint density at radius 1 is 1.11 bits per heavy atom. The molecule has 0 aliphatic carbocycles. The van der Waals surface area contributed by atoms with E-state index < -0.39 is 30.1 Å². The van der Waals surface area contributed by atoms with Gasteiger partial charge in [-0.1, -0.05) is 47.5 Å².